The van der Waals surface area contributed by atoms with E-state index in [4.69, 9.17) is 4.74 Å². The molecule has 2 amide bonds. The Labute approximate surface area is 192 Å². The number of hydrogen-bond donors (Lipinski definition) is 2. The quantitative estimate of drug-likeness (QED) is 0.238. The predicted molar refractivity (Wildman–Crippen MR) is 132 cm³/mol. The Morgan fingerprint density at radius 1 is 0.909 bits per heavy atom. The van der Waals surface area contributed by atoms with E-state index in [-0.39, 0.29) is 12.5 Å². The Hall–Kier alpha value is -4.19. The van der Waals surface area contributed by atoms with E-state index in [0.29, 0.717) is 17.9 Å². The first kappa shape index (κ1) is 22.0. The first-order valence-corrected chi connectivity index (χ1v) is 10.9. The second kappa shape index (κ2) is 10.4. The third-order valence-corrected chi connectivity index (χ3v) is 5.19. The van der Waals surface area contributed by atoms with E-state index in [0.717, 1.165) is 33.5 Å². The molecule has 4 rings (SSSR count). The molecule has 33 heavy (non-hydrogen) atoms. The second-order valence-electron chi connectivity index (χ2n) is 7.58. The van der Waals surface area contributed by atoms with E-state index in [1.165, 1.54) is 0 Å². The lowest BCUT2D eigenvalue weighted by Gasteiger charge is -2.08. The van der Waals surface area contributed by atoms with Crippen LogP contribution >= 0.6 is 0 Å². The second-order valence-corrected chi connectivity index (χ2v) is 7.58. The van der Waals surface area contributed by atoms with Gasteiger partial charge in [-0.25, -0.2) is 5.43 Å². The van der Waals surface area contributed by atoms with Crippen LogP contribution in [-0.4, -0.2) is 31.2 Å². The van der Waals surface area contributed by atoms with Crippen molar-refractivity contribution in [3.63, 3.8) is 0 Å². The molecule has 0 bridgehead atoms. The van der Waals surface area contributed by atoms with Crippen LogP contribution in [0.3, 0.4) is 0 Å². The molecule has 0 radical (unpaired) electrons. The molecule has 0 aliphatic heterocycles. The van der Waals surface area contributed by atoms with E-state index < -0.39 is 5.91 Å². The van der Waals surface area contributed by atoms with Crippen LogP contribution in [0.1, 0.15) is 29.3 Å². The van der Waals surface area contributed by atoms with Crippen molar-refractivity contribution in [2.45, 2.75) is 13.3 Å². The summed E-state index contributed by atoms with van der Waals surface area (Å²) in [5.41, 5.74) is 3.88. The third-order valence-electron chi connectivity index (χ3n) is 5.19. The lowest BCUT2D eigenvalue weighted by atomic mass is 9.97. The van der Waals surface area contributed by atoms with Crippen LogP contribution in [-0.2, 0) is 4.79 Å². The summed E-state index contributed by atoms with van der Waals surface area (Å²) in [7, 11) is 0. The summed E-state index contributed by atoms with van der Waals surface area (Å²) in [4.78, 5) is 24.5. The van der Waals surface area contributed by atoms with Crippen molar-refractivity contribution in [1.82, 2.24) is 10.7 Å². The average molecular weight is 440 g/mol. The zero-order chi connectivity index (χ0) is 23.0. The van der Waals surface area contributed by atoms with Gasteiger partial charge in [-0.05, 0) is 58.3 Å². The molecule has 6 nitrogen and oxygen atoms in total. The van der Waals surface area contributed by atoms with Gasteiger partial charge in [-0.1, -0.05) is 55.5 Å². The molecule has 166 valence electrons. The number of hydrazone groups is 1. The number of benzene rings is 4. The average Bonchev–Trinajstić information content (AvgIpc) is 2.86. The summed E-state index contributed by atoms with van der Waals surface area (Å²) in [6.45, 7) is 2.47. The Balaban J connectivity index is 1.38. The molecule has 0 heterocycles. The molecule has 0 aliphatic rings. The van der Waals surface area contributed by atoms with Gasteiger partial charge >= 0.3 is 0 Å². The Bertz CT molecular complexity index is 1260. The molecule has 0 atom stereocenters. The van der Waals surface area contributed by atoms with E-state index in [1.807, 2.05) is 43.3 Å². The van der Waals surface area contributed by atoms with Gasteiger partial charge in [0.1, 0.15) is 5.75 Å². The Kier molecular flexibility index (Phi) is 6.95. The molecule has 6 heteroatoms. The summed E-state index contributed by atoms with van der Waals surface area (Å²) < 4.78 is 5.51. The van der Waals surface area contributed by atoms with Gasteiger partial charge in [0.2, 0.25) is 0 Å². The minimum Gasteiger partial charge on any atom is -0.494 e. The smallest absolute Gasteiger partial charge is 0.259 e. The van der Waals surface area contributed by atoms with Gasteiger partial charge in [0.25, 0.3) is 11.8 Å². The van der Waals surface area contributed by atoms with Crippen molar-refractivity contribution in [2.75, 3.05) is 13.2 Å². The van der Waals surface area contributed by atoms with Gasteiger partial charge in [0, 0.05) is 11.1 Å². The highest BCUT2D eigenvalue weighted by Gasteiger charge is 2.09. The number of fused-ring (bicyclic) bond motifs is 2. The number of amides is 2. The van der Waals surface area contributed by atoms with Crippen LogP contribution < -0.4 is 15.5 Å². The number of nitrogens with zero attached hydrogens (tertiary/aromatic N) is 1. The number of carbonyl (C=O) groups is 2. The molecule has 4 aromatic rings. The first-order chi connectivity index (χ1) is 16.2. The van der Waals surface area contributed by atoms with Crippen LogP contribution in [0.4, 0.5) is 0 Å². The molecular weight excluding hydrogens is 414 g/mol. The minimum absolute atomic E-state index is 0.180. The van der Waals surface area contributed by atoms with E-state index >= 15 is 0 Å². The van der Waals surface area contributed by atoms with Crippen molar-refractivity contribution in [3.05, 3.63) is 90.0 Å². The van der Waals surface area contributed by atoms with Gasteiger partial charge < -0.3 is 10.1 Å². The largest absolute Gasteiger partial charge is 0.494 e. The highest BCUT2D eigenvalue weighted by atomic mass is 16.5. The van der Waals surface area contributed by atoms with Crippen LogP contribution in [0.15, 0.2) is 84.0 Å². The van der Waals surface area contributed by atoms with E-state index in [2.05, 4.69) is 34.0 Å². The lowest BCUT2D eigenvalue weighted by Crippen LogP contribution is -2.34. The SMILES string of the molecule is CCCOc1ccc(C(=O)NCC(=O)N/N=C\c2c3ccccc3cc3ccccc23)cc1. The monoisotopic (exact) mass is 439 g/mol. The highest BCUT2D eigenvalue weighted by Crippen LogP contribution is 2.27. The lowest BCUT2D eigenvalue weighted by molar-refractivity contribution is -0.120. The van der Waals surface area contributed by atoms with Crippen molar-refractivity contribution in [1.29, 1.82) is 0 Å². The van der Waals surface area contributed by atoms with Gasteiger partial charge in [0.05, 0.1) is 19.4 Å². The minimum atomic E-state index is -0.410. The number of rotatable bonds is 8. The van der Waals surface area contributed by atoms with Crippen LogP contribution in [0, 0.1) is 0 Å². The topological polar surface area (TPSA) is 79.8 Å². The molecule has 0 spiro atoms. The number of carbonyl (C=O) groups excluding carboxylic acids is 2. The predicted octanol–water partition coefficient (Wildman–Crippen LogP) is 4.66. The van der Waals surface area contributed by atoms with Crippen LogP contribution in [0.25, 0.3) is 21.5 Å². The fourth-order valence-corrected chi connectivity index (χ4v) is 3.58. The number of nitrogens with one attached hydrogen (secondary N) is 2. The molecule has 0 saturated carbocycles. The van der Waals surface area contributed by atoms with Crippen molar-refractivity contribution >= 4 is 39.6 Å². The maximum atomic E-state index is 12.3. The van der Waals surface area contributed by atoms with E-state index in [1.54, 1.807) is 30.5 Å². The maximum absolute atomic E-state index is 12.3. The van der Waals surface area contributed by atoms with Crippen molar-refractivity contribution in [3.8, 4) is 5.75 Å². The zero-order valence-corrected chi connectivity index (χ0v) is 18.4. The van der Waals surface area contributed by atoms with Crippen molar-refractivity contribution < 1.29 is 14.3 Å². The van der Waals surface area contributed by atoms with Crippen molar-refractivity contribution in [2.24, 2.45) is 5.10 Å². The highest BCUT2D eigenvalue weighted by molar-refractivity contribution is 6.13. The number of ether oxygens (including phenoxy) is 1. The molecule has 4 aromatic carbocycles. The summed E-state index contributed by atoms with van der Waals surface area (Å²) in [5.74, 6) is -0.0373. The molecule has 0 aromatic heterocycles. The first-order valence-electron chi connectivity index (χ1n) is 10.9. The molecule has 2 N–H and O–H groups in total. The fourth-order valence-electron chi connectivity index (χ4n) is 3.58. The van der Waals surface area contributed by atoms with Crippen LogP contribution in [0.2, 0.25) is 0 Å². The van der Waals surface area contributed by atoms with E-state index in [9.17, 15) is 9.59 Å². The van der Waals surface area contributed by atoms with Crippen LogP contribution in [0.5, 0.6) is 5.75 Å². The molecule has 0 aliphatic carbocycles. The third kappa shape index (κ3) is 5.36. The standard InChI is InChI=1S/C27H25N3O3/c1-2-15-33-22-13-11-19(12-14-22)27(32)28-18-26(31)30-29-17-25-23-9-5-3-7-20(23)16-21-8-4-6-10-24(21)25/h3-14,16-17H,2,15,18H2,1H3,(H,28,32)(H,30,31)/b29-17-. The Morgan fingerprint density at radius 3 is 2.18 bits per heavy atom. The summed E-state index contributed by atoms with van der Waals surface area (Å²) in [6, 6.07) is 25.1. The molecule has 0 fully saturated rings. The Morgan fingerprint density at radius 2 is 1.55 bits per heavy atom. The summed E-state index contributed by atoms with van der Waals surface area (Å²) in [6.07, 6.45) is 2.57. The zero-order valence-electron chi connectivity index (χ0n) is 18.4. The molecule has 0 saturated heterocycles. The molecule has 0 unspecified atom stereocenters. The van der Waals surface area contributed by atoms with Gasteiger partial charge in [-0.3, -0.25) is 9.59 Å². The normalized spacial score (nSPS) is 11.1. The maximum Gasteiger partial charge on any atom is 0.259 e. The number of hydrogen-bond acceptors (Lipinski definition) is 4. The van der Waals surface area contributed by atoms with Gasteiger partial charge in [-0.2, -0.15) is 5.10 Å². The summed E-state index contributed by atoms with van der Waals surface area (Å²) in [5, 5.41) is 11.0. The van der Waals surface area contributed by atoms with Gasteiger partial charge in [0.15, 0.2) is 0 Å². The van der Waals surface area contributed by atoms with Gasteiger partial charge in [-0.15, -0.1) is 0 Å². The molecular formula is C27H25N3O3. The summed E-state index contributed by atoms with van der Waals surface area (Å²) >= 11 is 0. The fraction of sp³-hybridized carbons (Fsp3) is 0.148.